The van der Waals surface area contributed by atoms with E-state index in [1.54, 1.807) is 7.11 Å². The molecule has 0 saturated heterocycles. The maximum absolute atomic E-state index is 12.3. The first-order chi connectivity index (χ1) is 13.2. The van der Waals surface area contributed by atoms with Gasteiger partial charge in [-0.1, -0.05) is 12.1 Å². The molecule has 148 valence electrons. The van der Waals surface area contributed by atoms with Crippen LogP contribution in [0, 0.1) is 0 Å². The average molecular weight is 376 g/mol. The van der Waals surface area contributed by atoms with Gasteiger partial charge in [-0.2, -0.15) is 0 Å². The maximum Gasteiger partial charge on any atom is 0.245 e. The number of nitrogens with one attached hydrogen (secondary N) is 2. The second-order valence-corrected chi connectivity index (χ2v) is 6.19. The van der Waals surface area contributed by atoms with Crippen molar-refractivity contribution in [1.29, 1.82) is 0 Å². The molecule has 0 aliphatic heterocycles. The molecule has 2 N–H and O–H groups in total. The van der Waals surface area contributed by atoms with Crippen LogP contribution in [-0.4, -0.2) is 61.9 Å². The van der Waals surface area contributed by atoms with Crippen molar-refractivity contribution in [1.82, 2.24) is 20.2 Å². The van der Waals surface area contributed by atoms with Gasteiger partial charge in [0.1, 0.15) is 19.0 Å². The zero-order valence-corrected chi connectivity index (χ0v) is 16.0. The highest BCUT2D eigenvalue weighted by Crippen LogP contribution is 2.17. The van der Waals surface area contributed by atoms with Gasteiger partial charge in [0.2, 0.25) is 11.8 Å². The molecule has 0 radical (unpaired) electrons. The van der Waals surface area contributed by atoms with E-state index in [4.69, 9.17) is 9.47 Å². The van der Waals surface area contributed by atoms with Gasteiger partial charge in [-0.3, -0.25) is 9.59 Å². The lowest BCUT2D eigenvalue weighted by Gasteiger charge is -2.10. The molecule has 0 aliphatic rings. The van der Waals surface area contributed by atoms with Crippen LogP contribution in [0.2, 0.25) is 0 Å². The molecule has 8 heteroatoms. The SMILES string of the molecule is COCCCNC(=O)Cn1c(CCCNC(=O)COC)nc2ccccc21. The standard InChI is InChI=1S/C19H28N4O4/c1-26-12-6-11-20-18(24)13-23-16-8-4-3-7-15(16)22-17(23)9-5-10-21-19(25)14-27-2/h3-4,7-8H,5-6,9-14H2,1-2H3,(H,20,24)(H,21,25). The largest absolute Gasteiger partial charge is 0.385 e. The number of hydrogen-bond donors (Lipinski definition) is 2. The number of nitrogens with zero attached hydrogens (tertiary/aromatic N) is 2. The van der Waals surface area contributed by atoms with Crippen LogP contribution in [0.4, 0.5) is 0 Å². The lowest BCUT2D eigenvalue weighted by molar-refractivity contribution is -0.124. The zero-order valence-electron chi connectivity index (χ0n) is 16.0. The number of ether oxygens (including phenoxy) is 2. The second kappa shape index (κ2) is 11.3. The van der Waals surface area contributed by atoms with Gasteiger partial charge >= 0.3 is 0 Å². The maximum atomic E-state index is 12.3. The minimum Gasteiger partial charge on any atom is -0.385 e. The monoisotopic (exact) mass is 376 g/mol. The van der Waals surface area contributed by atoms with E-state index in [9.17, 15) is 9.59 Å². The summed E-state index contributed by atoms with van der Waals surface area (Å²) in [7, 11) is 3.13. The number of imidazole rings is 1. The Kier molecular flexibility index (Phi) is 8.73. The summed E-state index contributed by atoms with van der Waals surface area (Å²) < 4.78 is 11.7. The van der Waals surface area contributed by atoms with Crippen LogP contribution in [0.1, 0.15) is 18.7 Å². The summed E-state index contributed by atoms with van der Waals surface area (Å²) in [6.45, 7) is 2.02. The number of carbonyl (C=O) groups is 2. The minimum absolute atomic E-state index is 0.0519. The lowest BCUT2D eigenvalue weighted by Crippen LogP contribution is -2.30. The van der Waals surface area contributed by atoms with Crippen molar-refractivity contribution in [2.75, 3.05) is 40.5 Å². The Morgan fingerprint density at radius 3 is 2.56 bits per heavy atom. The summed E-state index contributed by atoms with van der Waals surface area (Å²) in [6.07, 6.45) is 2.17. The molecule has 8 nitrogen and oxygen atoms in total. The number of para-hydroxylation sites is 2. The Morgan fingerprint density at radius 2 is 1.78 bits per heavy atom. The number of amides is 2. The van der Waals surface area contributed by atoms with Gasteiger partial charge in [0.25, 0.3) is 0 Å². The van der Waals surface area contributed by atoms with Gasteiger partial charge in [-0.25, -0.2) is 4.98 Å². The van der Waals surface area contributed by atoms with Gasteiger partial charge in [0.05, 0.1) is 11.0 Å². The Morgan fingerprint density at radius 1 is 1.04 bits per heavy atom. The molecule has 27 heavy (non-hydrogen) atoms. The van der Waals surface area contributed by atoms with E-state index in [0.717, 1.165) is 29.7 Å². The zero-order chi connectivity index (χ0) is 19.5. The molecule has 1 heterocycles. The highest BCUT2D eigenvalue weighted by atomic mass is 16.5. The molecule has 2 aromatic rings. The molecule has 1 aromatic heterocycles. The van der Waals surface area contributed by atoms with Crippen molar-refractivity contribution in [3.05, 3.63) is 30.1 Å². The molecule has 1 aromatic carbocycles. The molecular weight excluding hydrogens is 348 g/mol. The third-order valence-corrected chi connectivity index (χ3v) is 4.06. The lowest BCUT2D eigenvalue weighted by atomic mass is 10.3. The number of carbonyl (C=O) groups excluding carboxylic acids is 2. The molecule has 0 aliphatic carbocycles. The smallest absolute Gasteiger partial charge is 0.245 e. The van der Waals surface area contributed by atoms with Gasteiger partial charge < -0.3 is 24.7 Å². The van der Waals surface area contributed by atoms with Crippen LogP contribution >= 0.6 is 0 Å². The summed E-state index contributed by atoms with van der Waals surface area (Å²) in [4.78, 5) is 28.4. The number of benzene rings is 1. The van der Waals surface area contributed by atoms with Gasteiger partial charge in [0.15, 0.2) is 0 Å². The van der Waals surface area contributed by atoms with Crippen LogP contribution < -0.4 is 10.6 Å². The van der Waals surface area contributed by atoms with Crippen LogP contribution in [0.15, 0.2) is 24.3 Å². The van der Waals surface area contributed by atoms with Crippen LogP contribution in [0.5, 0.6) is 0 Å². The second-order valence-electron chi connectivity index (χ2n) is 6.19. The van der Waals surface area contributed by atoms with Gasteiger partial charge in [-0.15, -0.1) is 0 Å². The average Bonchev–Trinajstić information content (AvgIpc) is 3.00. The van der Waals surface area contributed by atoms with E-state index in [0.29, 0.717) is 26.1 Å². The molecule has 2 amide bonds. The van der Waals surface area contributed by atoms with Crippen molar-refractivity contribution in [2.45, 2.75) is 25.8 Å². The number of methoxy groups -OCH3 is 2. The van der Waals surface area contributed by atoms with E-state index in [2.05, 4.69) is 15.6 Å². The summed E-state index contributed by atoms with van der Waals surface area (Å²) in [5, 5.41) is 5.70. The van der Waals surface area contributed by atoms with E-state index in [-0.39, 0.29) is 25.0 Å². The molecule has 0 unspecified atom stereocenters. The van der Waals surface area contributed by atoms with Crippen LogP contribution in [0.3, 0.4) is 0 Å². The minimum atomic E-state index is -0.138. The molecule has 0 saturated carbocycles. The van der Waals surface area contributed by atoms with E-state index in [1.807, 2.05) is 28.8 Å². The Labute approximate surface area is 159 Å². The molecule has 0 bridgehead atoms. The summed E-state index contributed by atoms with van der Waals surface area (Å²) in [5.41, 5.74) is 1.80. The Bertz CT molecular complexity index is 744. The molecular formula is C19H28N4O4. The molecule has 0 spiro atoms. The Hall–Kier alpha value is -2.45. The van der Waals surface area contributed by atoms with Crippen molar-refractivity contribution in [3.63, 3.8) is 0 Å². The predicted molar refractivity (Wildman–Crippen MR) is 102 cm³/mol. The predicted octanol–water partition coefficient (Wildman–Crippen LogP) is 0.884. The molecule has 0 atom stereocenters. The van der Waals surface area contributed by atoms with Crippen molar-refractivity contribution in [2.24, 2.45) is 0 Å². The van der Waals surface area contributed by atoms with E-state index < -0.39 is 0 Å². The normalized spacial score (nSPS) is 10.9. The first-order valence-corrected chi connectivity index (χ1v) is 9.11. The van der Waals surface area contributed by atoms with Crippen LogP contribution in [-0.2, 0) is 32.0 Å². The van der Waals surface area contributed by atoms with Crippen molar-refractivity contribution in [3.8, 4) is 0 Å². The number of hydrogen-bond acceptors (Lipinski definition) is 5. The topological polar surface area (TPSA) is 94.5 Å². The first kappa shape index (κ1) is 20.9. The summed E-state index contributed by atoms with van der Waals surface area (Å²) in [5.74, 6) is 0.648. The fourth-order valence-corrected chi connectivity index (χ4v) is 2.79. The molecule has 2 rings (SSSR count). The third-order valence-electron chi connectivity index (χ3n) is 4.06. The summed E-state index contributed by atoms with van der Waals surface area (Å²) in [6, 6.07) is 7.77. The number of rotatable bonds is 12. The first-order valence-electron chi connectivity index (χ1n) is 9.11. The number of aryl methyl sites for hydroxylation is 1. The van der Waals surface area contributed by atoms with Gasteiger partial charge in [0, 0.05) is 40.3 Å². The number of fused-ring (bicyclic) bond motifs is 1. The highest BCUT2D eigenvalue weighted by Gasteiger charge is 2.13. The number of aromatic nitrogens is 2. The van der Waals surface area contributed by atoms with Gasteiger partial charge in [-0.05, 0) is 25.0 Å². The highest BCUT2D eigenvalue weighted by molar-refractivity contribution is 5.81. The van der Waals surface area contributed by atoms with Crippen LogP contribution in [0.25, 0.3) is 11.0 Å². The van der Waals surface area contributed by atoms with E-state index >= 15 is 0 Å². The van der Waals surface area contributed by atoms with Crippen molar-refractivity contribution >= 4 is 22.8 Å². The fourth-order valence-electron chi connectivity index (χ4n) is 2.79. The quantitative estimate of drug-likeness (QED) is 0.537. The Balaban J connectivity index is 1.97. The summed E-state index contributed by atoms with van der Waals surface area (Å²) >= 11 is 0. The van der Waals surface area contributed by atoms with Crippen molar-refractivity contribution < 1.29 is 19.1 Å². The third kappa shape index (κ3) is 6.65. The fraction of sp³-hybridized carbons (Fsp3) is 0.526. The molecule has 0 fully saturated rings. The van der Waals surface area contributed by atoms with E-state index in [1.165, 1.54) is 7.11 Å².